The van der Waals surface area contributed by atoms with Gasteiger partial charge >= 0.3 is 0 Å². The summed E-state index contributed by atoms with van der Waals surface area (Å²) in [7, 11) is 0. The first-order chi connectivity index (χ1) is 12.5. The van der Waals surface area contributed by atoms with Gasteiger partial charge in [-0.3, -0.25) is 9.78 Å². The van der Waals surface area contributed by atoms with Crippen molar-refractivity contribution in [3.63, 3.8) is 0 Å². The molecule has 132 valence electrons. The van der Waals surface area contributed by atoms with Crippen LogP contribution in [-0.2, 0) is 0 Å². The molecule has 1 unspecified atom stereocenters. The molecule has 4 aromatic rings. The standard InChI is InChI=1S/C20H20N4OS/c1-10(8-21)13-4-6-14(7-5-13)16-11(2)23-12(3)18-17(16)15-9-22-26-19(15)20(25)24-18/h4-7,9-10H,8,21H2,1-3H3,(H,24,25). The van der Waals surface area contributed by atoms with Crippen LogP contribution in [0.15, 0.2) is 35.3 Å². The van der Waals surface area contributed by atoms with Crippen molar-refractivity contribution in [3.05, 3.63) is 57.8 Å². The number of nitrogens with zero attached hydrogens (tertiary/aromatic N) is 2. The van der Waals surface area contributed by atoms with Gasteiger partial charge in [-0.05, 0) is 49.0 Å². The first-order valence-corrected chi connectivity index (χ1v) is 9.36. The molecule has 6 heteroatoms. The third-order valence-corrected chi connectivity index (χ3v) is 5.76. The Morgan fingerprint density at radius 3 is 2.62 bits per heavy atom. The van der Waals surface area contributed by atoms with Crippen molar-refractivity contribution in [1.29, 1.82) is 0 Å². The molecule has 4 rings (SSSR count). The first kappa shape index (κ1) is 16.9. The van der Waals surface area contributed by atoms with Crippen LogP contribution in [0.1, 0.15) is 29.8 Å². The average molecular weight is 364 g/mol. The van der Waals surface area contributed by atoms with Crippen LogP contribution in [0.3, 0.4) is 0 Å². The molecule has 0 radical (unpaired) electrons. The van der Waals surface area contributed by atoms with Gasteiger partial charge in [0.15, 0.2) is 0 Å². The van der Waals surface area contributed by atoms with Crippen molar-refractivity contribution >= 4 is 32.5 Å². The molecule has 0 aliphatic rings. The van der Waals surface area contributed by atoms with Crippen LogP contribution in [0.25, 0.3) is 32.1 Å². The molecule has 0 saturated carbocycles. The SMILES string of the molecule is Cc1nc(C)c2[nH]c(=O)c3sncc3c2c1-c1ccc(C(C)CN)cc1. The Balaban J connectivity index is 2.06. The van der Waals surface area contributed by atoms with E-state index in [0.29, 0.717) is 17.2 Å². The number of fused-ring (bicyclic) bond motifs is 3. The normalized spacial score (nSPS) is 12.8. The summed E-state index contributed by atoms with van der Waals surface area (Å²) in [5, 5.41) is 1.90. The van der Waals surface area contributed by atoms with E-state index in [4.69, 9.17) is 5.73 Å². The Morgan fingerprint density at radius 2 is 1.92 bits per heavy atom. The molecule has 0 saturated heterocycles. The summed E-state index contributed by atoms with van der Waals surface area (Å²) in [6.45, 7) is 6.67. The molecule has 26 heavy (non-hydrogen) atoms. The van der Waals surface area contributed by atoms with Crippen LogP contribution in [0.4, 0.5) is 0 Å². The van der Waals surface area contributed by atoms with E-state index in [0.717, 1.165) is 38.8 Å². The van der Waals surface area contributed by atoms with Crippen LogP contribution in [0, 0.1) is 13.8 Å². The summed E-state index contributed by atoms with van der Waals surface area (Å²) in [6, 6.07) is 8.45. The van der Waals surface area contributed by atoms with E-state index in [9.17, 15) is 4.79 Å². The molecule has 3 heterocycles. The predicted molar refractivity (Wildman–Crippen MR) is 108 cm³/mol. The van der Waals surface area contributed by atoms with Gasteiger partial charge in [-0.1, -0.05) is 31.2 Å². The summed E-state index contributed by atoms with van der Waals surface area (Å²) in [6.07, 6.45) is 1.78. The van der Waals surface area contributed by atoms with Crippen LogP contribution in [0.2, 0.25) is 0 Å². The third kappa shape index (κ3) is 2.53. The van der Waals surface area contributed by atoms with Gasteiger partial charge in [-0.2, -0.15) is 4.37 Å². The minimum atomic E-state index is -0.109. The van der Waals surface area contributed by atoms with Crippen molar-refractivity contribution in [3.8, 4) is 11.1 Å². The van der Waals surface area contributed by atoms with E-state index in [1.807, 2.05) is 13.8 Å². The number of rotatable bonds is 3. The lowest BCUT2D eigenvalue weighted by Crippen LogP contribution is -2.09. The highest BCUT2D eigenvalue weighted by molar-refractivity contribution is 7.13. The fourth-order valence-corrected chi connectivity index (χ4v) is 4.14. The van der Waals surface area contributed by atoms with Crippen molar-refractivity contribution in [2.45, 2.75) is 26.7 Å². The van der Waals surface area contributed by atoms with Crippen molar-refractivity contribution < 1.29 is 0 Å². The van der Waals surface area contributed by atoms with Crippen molar-refractivity contribution in [2.24, 2.45) is 5.73 Å². The number of aromatic nitrogens is 3. The summed E-state index contributed by atoms with van der Waals surface area (Å²) in [5.41, 5.74) is 11.5. The molecule has 0 bridgehead atoms. The topological polar surface area (TPSA) is 84.7 Å². The number of H-pyrrole nitrogens is 1. The van der Waals surface area contributed by atoms with Gasteiger partial charge in [0.2, 0.25) is 0 Å². The number of nitrogens with two attached hydrogens (primary N) is 1. The van der Waals surface area contributed by atoms with Crippen LogP contribution < -0.4 is 11.3 Å². The van der Waals surface area contributed by atoms with Gasteiger partial charge in [-0.25, -0.2) is 0 Å². The molecule has 1 atom stereocenters. The van der Waals surface area contributed by atoms with Crippen LogP contribution >= 0.6 is 11.5 Å². The number of aryl methyl sites for hydroxylation is 2. The second kappa shape index (κ2) is 6.30. The Kier molecular flexibility index (Phi) is 4.09. The summed E-state index contributed by atoms with van der Waals surface area (Å²) >= 11 is 1.23. The predicted octanol–water partition coefficient (Wildman–Crippen LogP) is 3.88. The smallest absolute Gasteiger partial charge is 0.268 e. The highest BCUT2D eigenvalue weighted by Crippen LogP contribution is 2.36. The van der Waals surface area contributed by atoms with Gasteiger partial charge in [0.25, 0.3) is 5.56 Å². The van der Waals surface area contributed by atoms with Gasteiger partial charge in [0.1, 0.15) is 4.70 Å². The van der Waals surface area contributed by atoms with E-state index in [-0.39, 0.29) is 5.56 Å². The lowest BCUT2D eigenvalue weighted by atomic mass is 9.94. The highest BCUT2D eigenvalue weighted by Gasteiger charge is 2.17. The number of hydrogen-bond acceptors (Lipinski definition) is 5. The van der Waals surface area contributed by atoms with Gasteiger partial charge in [-0.15, -0.1) is 0 Å². The quantitative estimate of drug-likeness (QED) is 0.578. The molecule has 3 N–H and O–H groups in total. The second-order valence-corrected chi connectivity index (χ2v) is 7.49. The number of benzene rings is 1. The summed E-state index contributed by atoms with van der Waals surface area (Å²) in [5.74, 6) is 0.321. The maximum Gasteiger partial charge on any atom is 0.268 e. The molecule has 0 amide bonds. The lowest BCUT2D eigenvalue weighted by molar-refractivity contribution is 0.774. The summed E-state index contributed by atoms with van der Waals surface area (Å²) < 4.78 is 4.89. The zero-order valence-corrected chi connectivity index (χ0v) is 15.8. The average Bonchev–Trinajstić information content (AvgIpc) is 3.13. The molecule has 0 spiro atoms. The zero-order chi connectivity index (χ0) is 18.4. The third-order valence-electron chi connectivity index (χ3n) is 4.97. The molecule has 3 aromatic heterocycles. The van der Waals surface area contributed by atoms with E-state index in [1.165, 1.54) is 17.1 Å². The fraction of sp³-hybridized carbons (Fsp3) is 0.250. The van der Waals surface area contributed by atoms with Crippen molar-refractivity contribution in [1.82, 2.24) is 14.3 Å². The molecular weight excluding hydrogens is 344 g/mol. The number of aromatic amines is 1. The maximum atomic E-state index is 12.4. The fourth-order valence-electron chi connectivity index (χ4n) is 3.49. The monoisotopic (exact) mass is 364 g/mol. The maximum absolute atomic E-state index is 12.4. The number of pyridine rings is 2. The Hall–Kier alpha value is -2.57. The van der Waals surface area contributed by atoms with Crippen LogP contribution in [-0.4, -0.2) is 20.9 Å². The number of hydrogen-bond donors (Lipinski definition) is 2. The lowest BCUT2D eigenvalue weighted by Gasteiger charge is -2.14. The van der Waals surface area contributed by atoms with Gasteiger partial charge < -0.3 is 10.7 Å². The minimum absolute atomic E-state index is 0.109. The van der Waals surface area contributed by atoms with Gasteiger partial charge in [0, 0.05) is 28.2 Å². The van der Waals surface area contributed by atoms with E-state index < -0.39 is 0 Å². The summed E-state index contributed by atoms with van der Waals surface area (Å²) in [4.78, 5) is 20.0. The Bertz CT molecular complexity index is 1170. The molecule has 0 aliphatic heterocycles. The minimum Gasteiger partial charge on any atom is -0.330 e. The van der Waals surface area contributed by atoms with E-state index >= 15 is 0 Å². The molecule has 1 aromatic carbocycles. The number of nitrogens with one attached hydrogen (secondary N) is 1. The van der Waals surface area contributed by atoms with Gasteiger partial charge in [0.05, 0.1) is 11.2 Å². The van der Waals surface area contributed by atoms with Crippen LogP contribution in [0.5, 0.6) is 0 Å². The van der Waals surface area contributed by atoms with Crippen molar-refractivity contribution in [2.75, 3.05) is 6.54 Å². The molecule has 0 fully saturated rings. The first-order valence-electron chi connectivity index (χ1n) is 8.59. The van der Waals surface area contributed by atoms with E-state index in [1.54, 1.807) is 6.20 Å². The molecule has 5 nitrogen and oxygen atoms in total. The highest BCUT2D eigenvalue weighted by atomic mass is 32.1. The second-order valence-electron chi connectivity index (χ2n) is 6.69. The molecule has 0 aliphatic carbocycles. The van der Waals surface area contributed by atoms with E-state index in [2.05, 4.69) is 45.5 Å². The largest absolute Gasteiger partial charge is 0.330 e. The molecular formula is C20H20N4OS. The Labute approximate surface area is 155 Å². The zero-order valence-electron chi connectivity index (χ0n) is 15.0. The Morgan fingerprint density at radius 1 is 1.19 bits per heavy atom.